The summed E-state index contributed by atoms with van der Waals surface area (Å²) in [6, 6.07) is 6.44. The molecule has 2 rings (SSSR count). The highest BCUT2D eigenvalue weighted by atomic mass is 19.1. The molecule has 2 aromatic rings. The van der Waals surface area contributed by atoms with Crippen molar-refractivity contribution in [2.75, 3.05) is 7.11 Å². The largest absolute Gasteiger partial charge is 0.494 e. The van der Waals surface area contributed by atoms with E-state index in [0.29, 0.717) is 11.4 Å². The number of nitriles is 1. The van der Waals surface area contributed by atoms with Crippen LogP contribution in [0.5, 0.6) is 5.75 Å². The molecule has 18 heavy (non-hydrogen) atoms. The second-order valence-electron chi connectivity index (χ2n) is 3.54. The third kappa shape index (κ3) is 2.28. The fraction of sp³-hybridized carbons (Fsp3) is 0.0769. The summed E-state index contributed by atoms with van der Waals surface area (Å²) in [6.45, 7) is 0. The zero-order chi connectivity index (χ0) is 13.1. The first-order valence-electron chi connectivity index (χ1n) is 5.04. The van der Waals surface area contributed by atoms with Crippen molar-refractivity contribution in [2.24, 2.45) is 0 Å². The Balaban J connectivity index is 2.55. The van der Waals surface area contributed by atoms with Crippen molar-refractivity contribution in [1.82, 2.24) is 4.98 Å². The average molecular weight is 246 g/mol. The van der Waals surface area contributed by atoms with E-state index in [0.717, 1.165) is 18.2 Å². The molecule has 0 radical (unpaired) electrons. The van der Waals surface area contributed by atoms with E-state index in [1.54, 1.807) is 0 Å². The van der Waals surface area contributed by atoms with E-state index in [-0.39, 0.29) is 11.1 Å². The van der Waals surface area contributed by atoms with Crippen LogP contribution in [0.4, 0.5) is 8.78 Å². The summed E-state index contributed by atoms with van der Waals surface area (Å²) in [5, 5.41) is 8.92. The molecule has 0 bridgehead atoms. The van der Waals surface area contributed by atoms with Gasteiger partial charge in [0.05, 0.1) is 24.6 Å². The van der Waals surface area contributed by atoms with Crippen LogP contribution < -0.4 is 4.74 Å². The van der Waals surface area contributed by atoms with Crippen LogP contribution in [-0.2, 0) is 0 Å². The van der Waals surface area contributed by atoms with Crippen LogP contribution in [0.25, 0.3) is 11.3 Å². The molecule has 0 unspecified atom stereocenters. The average Bonchev–Trinajstić information content (AvgIpc) is 2.36. The summed E-state index contributed by atoms with van der Waals surface area (Å²) < 4.78 is 31.1. The third-order valence-electron chi connectivity index (χ3n) is 2.37. The Morgan fingerprint density at radius 1 is 1.17 bits per heavy atom. The van der Waals surface area contributed by atoms with Gasteiger partial charge in [-0.15, -0.1) is 0 Å². The Labute approximate surface area is 102 Å². The van der Waals surface area contributed by atoms with Gasteiger partial charge in [0.1, 0.15) is 17.7 Å². The van der Waals surface area contributed by atoms with Crippen molar-refractivity contribution in [2.45, 2.75) is 0 Å². The van der Waals surface area contributed by atoms with Gasteiger partial charge in [-0.2, -0.15) is 5.26 Å². The molecule has 0 aliphatic carbocycles. The summed E-state index contributed by atoms with van der Waals surface area (Å²) >= 11 is 0. The molecule has 3 nitrogen and oxygen atoms in total. The Kier molecular flexibility index (Phi) is 3.20. The van der Waals surface area contributed by atoms with Gasteiger partial charge in [0, 0.05) is 11.6 Å². The quantitative estimate of drug-likeness (QED) is 0.818. The molecule has 0 spiro atoms. The van der Waals surface area contributed by atoms with E-state index < -0.39 is 11.6 Å². The predicted octanol–water partition coefficient (Wildman–Crippen LogP) is 2.91. The second-order valence-corrected chi connectivity index (χ2v) is 3.54. The maximum Gasteiger partial charge on any atom is 0.154 e. The van der Waals surface area contributed by atoms with E-state index in [2.05, 4.69) is 4.98 Å². The number of pyridine rings is 1. The van der Waals surface area contributed by atoms with Crippen molar-refractivity contribution in [3.63, 3.8) is 0 Å². The topological polar surface area (TPSA) is 45.9 Å². The van der Waals surface area contributed by atoms with E-state index in [4.69, 9.17) is 10.00 Å². The van der Waals surface area contributed by atoms with Crippen molar-refractivity contribution in [3.05, 3.63) is 47.7 Å². The van der Waals surface area contributed by atoms with Gasteiger partial charge in [0.15, 0.2) is 5.75 Å². The molecule has 0 atom stereocenters. The lowest BCUT2D eigenvalue weighted by Gasteiger charge is -2.05. The van der Waals surface area contributed by atoms with Gasteiger partial charge >= 0.3 is 0 Å². The summed E-state index contributed by atoms with van der Waals surface area (Å²) in [7, 11) is 1.42. The summed E-state index contributed by atoms with van der Waals surface area (Å²) in [6.07, 6.45) is 1.34. The molecule has 1 aromatic heterocycles. The van der Waals surface area contributed by atoms with Gasteiger partial charge in [-0.25, -0.2) is 8.78 Å². The maximum atomic E-state index is 13.1. The van der Waals surface area contributed by atoms with Crippen LogP contribution in [0.2, 0.25) is 0 Å². The van der Waals surface area contributed by atoms with Crippen molar-refractivity contribution < 1.29 is 13.5 Å². The van der Waals surface area contributed by atoms with E-state index in [9.17, 15) is 8.78 Å². The highest BCUT2D eigenvalue weighted by molar-refractivity contribution is 5.62. The Morgan fingerprint density at radius 3 is 2.39 bits per heavy atom. The molecule has 0 N–H and O–H groups in total. The van der Waals surface area contributed by atoms with Gasteiger partial charge in [-0.05, 0) is 18.2 Å². The molecule has 1 heterocycles. The smallest absolute Gasteiger partial charge is 0.154 e. The molecule has 0 saturated heterocycles. The number of ether oxygens (including phenoxy) is 1. The summed E-state index contributed by atoms with van der Waals surface area (Å²) in [4.78, 5) is 4.00. The Bertz CT molecular complexity index is 615. The minimum Gasteiger partial charge on any atom is -0.494 e. The number of hydrogen-bond acceptors (Lipinski definition) is 3. The number of methoxy groups -OCH3 is 1. The number of nitrogens with zero attached hydrogens (tertiary/aromatic N) is 2. The molecular formula is C13H8F2N2O. The molecule has 0 aliphatic heterocycles. The highest BCUT2D eigenvalue weighted by Gasteiger charge is 2.09. The molecule has 90 valence electrons. The molecular weight excluding hydrogens is 238 g/mol. The first-order chi connectivity index (χ1) is 8.63. The van der Waals surface area contributed by atoms with E-state index in [1.165, 1.54) is 19.4 Å². The number of aromatic nitrogens is 1. The zero-order valence-electron chi connectivity index (χ0n) is 9.45. The van der Waals surface area contributed by atoms with Crippen LogP contribution >= 0.6 is 0 Å². The van der Waals surface area contributed by atoms with Crippen molar-refractivity contribution >= 4 is 0 Å². The fourth-order valence-electron chi connectivity index (χ4n) is 1.55. The van der Waals surface area contributed by atoms with Gasteiger partial charge in [-0.3, -0.25) is 4.98 Å². The fourth-order valence-corrected chi connectivity index (χ4v) is 1.55. The lowest BCUT2D eigenvalue weighted by Crippen LogP contribution is -1.93. The lowest BCUT2D eigenvalue weighted by molar-refractivity contribution is 0.411. The number of hydrogen-bond donors (Lipinski definition) is 0. The molecule has 0 fully saturated rings. The number of benzene rings is 1. The van der Waals surface area contributed by atoms with Crippen LogP contribution in [0, 0.1) is 23.0 Å². The standard InChI is InChI=1S/C13H8F2N2O/c1-18-13-7-17-12(4-9(13)6-16)8-2-10(14)5-11(15)3-8/h2-5,7H,1H3. The zero-order valence-corrected chi connectivity index (χ0v) is 9.45. The third-order valence-corrected chi connectivity index (χ3v) is 2.37. The minimum atomic E-state index is -0.693. The summed E-state index contributed by atoms with van der Waals surface area (Å²) in [5.74, 6) is -1.07. The first-order valence-corrected chi connectivity index (χ1v) is 5.04. The van der Waals surface area contributed by atoms with E-state index in [1.807, 2.05) is 6.07 Å². The Morgan fingerprint density at radius 2 is 1.83 bits per heavy atom. The van der Waals surface area contributed by atoms with Crippen LogP contribution in [0.15, 0.2) is 30.5 Å². The monoisotopic (exact) mass is 246 g/mol. The van der Waals surface area contributed by atoms with Crippen molar-refractivity contribution in [1.29, 1.82) is 5.26 Å². The van der Waals surface area contributed by atoms with E-state index >= 15 is 0 Å². The second kappa shape index (κ2) is 4.80. The first kappa shape index (κ1) is 12.0. The summed E-state index contributed by atoms with van der Waals surface area (Å²) in [5.41, 5.74) is 0.838. The normalized spacial score (nSPS) is 9.89. The minimum absolute atomic E-state index is 0.257. The van der Waals surface area contributed by atoms with Crippen molar-refractivity contribution in [3.8, 4) is 23.1 Å². The lowest BCUT2D eigenvalue weighted by atomic mass is 10.1. The van der Waals surface area contributed by atoms with Crippen LogP contribution in [0.3, 0.4) is 0 Å². The molecule has 0 saturated carbocycles. The van der Waals surface area contributed by atoms with Gasteiger partial charge in [0.2, 0.25) is 0 Å². The maximum absolute atomic E-state index is 13.1. The predicted molar refractivity (Wildman–Crippen MR) is 60.9 cm³/mol. The molecule has 1 aromatic carbocycles. The SMILES string of the molecule is COc1cnc(-c2cc(F)cc(F)c2)cc1C#N. The number of halogens is 2. The Hall–Kier alpha value is -2.48. The van der Waals surface area contributed by atoms with Crippen LogP contribution in [0.1, 0.15) is 5.56 Å². The number of rotatable bonds is 2. The molecule has 5 heteroatoms. The highest BCUT2D eigenvalue weighted by Crippen LogP contribution is 2.24. The van der Waals surface area contributed by atoms with Gasteiger partial charge in [-0.1, -0.05) is 0 Å². The van der Waals surface area contributed by atoms with Gasteiger partial charge < -0.3 is 4.74 Å². The molecule has 0 amide bonds. The van der Waals surface area contributed by atoms with Gasteiger partial charge in [0.25, 0.3) is 0 Å². The van der Waals surface area contributed by atoms with Crippen LogP contribution in [-0.4, -0.2) is 12.1 Å². The molecule has 0 aliphatic rings.